The summed E-state index contributed by atoms with van der Waals surface area (Å²) in [6.07, 6.45) is -2.88. The number of likely N-dealkylation sites (N-methyl/N-ethyl adjacent to an activating group) is 1. The van der Waals surface area contributed by atoms with Crippen molar-refractivity contribution in [2.75, 3.05) is 18.5 Å². The fraction of sp³-hybridized carbons (Fsp3) is 0.250. The summed E-state index contributed by atoms with van der Waals surface area (Å²) in [4.78, 5) is 21.3. The molecule has 0 N–H and O–H groups in total. The number of hydrogen-bond donors (Lipinski definition) is 0. The largest absolute Gasteiger partial charge is 0.473 e. The lowest BCUT2D eigenvalue weighted by molar-refractivity contribution is -0.137. The van der Waals surface area contributed by atoms with Gasteiger partial charge in [-0.15, -0.1) is 0 Å². The van der Waals surface area contributed by atoms with Crippen LogP contribution < -0.4 is 20.1 Å². The lowest BCUT2D eigenvalue weighted by Crippen LogP contribution is -2.22. The highest BCUT2D eigenvalue weighted by molar-refractivity contribution is 5.44. The molecule has 0 radical (unpaired) electrons. The van der Waals surface area contributed by atoms with Crippen molar-refractivity contribution in [1.82, 2.24) is 14.5 Å². The lowest BCUT2D eigenvalue weighted by Gasteiger charge is -2.13. The number of pyridine rings is 1. The van der Waals surface area contributed by atoms with Gasteiger partial charge in [-0.2, -0.15) is 18.2 Å². The van der Waals surface area contributed by atoms with Crippen LogP contribution in [0.15, 0.2) is 47.5 Å². The maximum Gasteiger partial charge on any atom is 0.418 e. The summed E-state index contributed by atoms with van der Waals surface area (Å²) in [5, 5.41) is 0. The van der Waals surface area contributed by atoms with Gasteiger partial charge >= 0.3 is 11.9 Å². The van der Waals surface area contributed by atoms with Crippen LogP contribution in [0.3, 0.4) is 0 Å². The minimum atomic E-state index is -4.59. The Balaban J connectivity index is 1.46. The number of nitrogens with zero attached hydrogens (tertiary/aromatic N) is 4. The van der Waals surface area contributed by atoms with Gasteiger partial charge in [-0.3, -0.25) is 9.55 Å². The Morgan fingerprint density at radius 3 is 2.68 bits per heavy atom. The first kappa shape index (κ1) is 20.6. The highest BCUT2D eigenvalue weighted by Crippen LogP contribution is 2.32. The second-order valence-corrected chi connectivity index (χ2v) is 6.87. The standard InChI is InChI=1S/C20H16F4N4O3/c1-27-4-5-28-18(27)8-17(26-19(28)29)30-11-12-2-3-16(15(21)6-12)31-14-7-13(9-25-10-14)20(22,23)24/h2-3,6-10H,4-5,11H2,1H3. The molecule has 0 unspecified atom stereocenters. The van der Waals surface area contributed by atoms with Crippen LogP contribution in [0.2, 0.25) is 0 Å². The average Bonchev–Trinajstić information content (AvgIpc) is 3.09. The van der Waals surface area contributed by atoms with E-state index in [2.05, 4.69) is 9.97 Å². The van der Waals surface area contributed by atoms with Crippen LogP contribution in [-0.2, 0) is 19.3 Å². The topological polar surface area (TPSA) is 69.5 Å². The van der Waals surface area contributed by atoms with E-state index in [4.69, 9.17) is 9.47 Å². The molecule has 2 aromatic heterocycles. The van der Waals surface area contributed by atoms with E-state index in [9.17, 15) is 22.4 Å². The van der Waals surface area contributed by atoms with Gasteiger partial charge in [0.2, 0.25) is 5.88 Å². The van der Waals surface area contributed by atoms with E-state index in [1.165, 1.54) is 16.7 Å². The first-order valence-corrected chi connectivity index (χ1v) is 9.15. The second kappa shape index (κ2) is 7.89. The zero-order chi connectivity index (χ0) is 22.2. The molecule has 0 fully saturated rings. The van der Waals surface area contributed by atoms with Crippen LogP contribution in [0.4, 0.5) is 23.4 Å². The Morgan fingerprint density at radius 1 is 1.13 bits per heavy atom. The highest BCUT2D eigenvalue weighted by Gasteiger charge is 2.31. The molecule has 1 aromatic carbocycles. The fourth-order valence-corrected chi connectivity index (χ4v) is 3.07. The van der Waals surface area contributed by atoms with E-state index in [-0.39, 0.29) is 24.0 Å². The Hall–Kier alpha value is -3.63. The van der Waals surface area contributed by atoms with Gasteiger partial charge < -0.3 is 14.4 Å². The normalized spacial score (nSPS) is 13.3. The van der Waals surface area contributed by atoms with E-state index in [1.807, 2.05) is 11.9 Å². The van der Waals surface area contributed by atoms with Gasteiger partial charge in [0.1, 0.15) is 18.2 Å². The number of halogens is 4. The van der Waals surface area contributed by atoms with Gasteiger partial charge in [-0.1, -0.05) is 6.07 Å². The van der Waals surface area contributed by atoms with E-state index in [1.54, 1.807) is 6.07 Å². The number of alkyl halides is 3. The van der Waals surface area contributed by atoms with Crippen LogP contribution in [0.1, 0.15) is 11.1 Å². The highest BCUT2D eigenvalue weighted by atomic mass is 19.4. The Labute approximate surface area is 173 Å². The molecule has 0 bridgehead atoms. The van der Waals surface area contributed by atoms with Gasteiger partial charge in [0.25, 0.3) is 0 Å². The number of fused-ring (bicyclic) bond motifs is 1. The predicted molar refractivity (Wildman–Crippen MR) is 102 cm³/mol. The molecular formula is C20H16F4N4O3. The van der Waals surface area contributed by atoms with Crippen LogP contribution in [-0.4, -0.2) is 28.1 Å². The molecule has 3 heterocycles. The Morgan fingerprint density at radius 2 is 1.94 bits per heavy atom. The molecule has 7 nitrogen and oxygen atoms in total. The summed E-state index contributed by atoms with van der Waals surface area (Å²) < 4.78 is 65.0. The molecule has 1 aliphatic heterocycles. The van der Waals surface area contributed by atoms with Crippen molar-refractivity contribution in [2.45, 2.75) is 19.3 Å². The second-order valence-electron chi connectivity index (χ2n) is 6.87. The number of benzene rings is 1. The SMILES string of the molecule is CN1CCn2c1cc(OCc1ccc(Oc3cncc(C(F)(F)F)c3)c(F)c1)nc2=O. The number of anilines is 1. The Kier molecular flexibility index (Phi) is 5.25. The van der Waals surface area contributed by atoms with Crippen molar-refractivity contribution >= 4 is 5.82 Å². The minimum Gasteiger partial charge on any atom is -0.473 e. The minimum absolute atomic E-state index is 0.0675. The summed E-state index contributed by atoms with van der Waals surface area (Å²) in [5.74, 6) is -0.509. The number of ether oxygens (including phenoxy) is 2. The molecule has 3 aromatic rings. The third-order valence-corrected chi connectivity index (χ3v) is 4.67. The van der Waals surface area contributed by atoms with Gasteiger partial charge in [0.15, 0.2) is 11.6 Å². The molecule has 4 rings (SSSR count). The Bertz CT molecular complexity index is 1180. The molecule has 0 aliphatic carbocycles. The molecule has 0 saturated heterocycles. The molecule has 31 heavy (non-hydrogen) atoms. The smallest absolute Gasteiger partial charge is 0.418 e. The zero-order valence-electron chi connectivity index (χ0n) is 16.2. The summed E-state index contributed by atoms with van der Waals surface area (Å²) in [5.41, 5.74) is -1.01. The number of hydrogen-bond acceptors (Lipinski definition) is 6. The maximum absolute atomic E-state index is 14.4. The molecule has 11 heteroatoms. The van der Waals surface area contributed by atoms with Crippen molar-refractivity contribution in [2.24, 2.45) is 0 Å². The monoisotopic (exact) mass is 436 g/mol. The molecule has 1 aliphatic rings. The third kappa shape index (κ3) is 4.44. The van der Waals surface area contributed by atoms with E-state index in [0.29, 0.717) is 30.7 Å². The lowest BCUT2D eigenvalue weighted by atomic mass is 10.2. The summed E-state index contributed by atoms with van der Waals surface area (Å²) in [6, 6.07) is 6.25. The van der Waals surface area contributed by atoms with Crippen molar-refractivity contribution in [3.8, 4) is 17.4 Å². The van der Waals surface area contributed by atoms with Crippen molar-refractivity contribution in [3.05, 3.63) is 70.2 Å². The van der Waals surface area contributed by atoms with Gasteiger partial charge in [-0.05, 0) is 23.8 Å². The van der Waals surface area contributed by atoms with Gasteiger partial charge in [-0.25, -0.2) is 9.18 Å². The van der Waals surface area contributed by atoms with E-state index >= 15 is 0 Å². The van der Waals surface area contributed by atoms with E-state index in [0.717, 1.165) is 18.3 Å². The predicted octanol–water partition coefficient (Wildman–Crippen LogP) is 3.62. The van der Waals surface area contributed by atoms with Crippen LogP contribution in [0.5, 0.6) is 17.4 Å². The van der Waals surface area contributed by atoms with Crippen molar-refractivity contribution in [1.29, 1.82) is 0 Å². The molecular weight excluding hydrogens is 420 g/mol. The van der Waals surface area contributed by atoms with Crippen LogP contribution in [0, 0.1) is 5.82 Å². The molecule has 0 amide bonds. The third-order valence-electron chi connectivity index (χ3n) is 4.67. The summed E-state index contributed by atoms with van der Waals surface area (Å²) >= 11 is 0. The maximum atomic E-state index is 14.4. The van der Waals surface area contributed by atoms with Crippen LogP contribution >= 0.6 is 0 Å². The molecule has 0 atom stereocenters. The first-order valence-electron chi connectivity index (χ1n) is 9.15. The number of rotatable bonds is 5. The molecule has 0 saturated carbocycles. The summed E-state index contributed by atoms with van der Waals surface area (Å²) in [7, 11) is 1.84. The molecule has 0 spiro atoms. The fourth-order valence-electron chi connectivity index (χ4n) is 3.07. The van der Waals surface area contributed by atoms with Gasteiger partial charge in [0.05, 0.1) is 11.8 Å². The average molecular weight is 436 g/mol. The van der Waals surface area contributed by atoms with Gasteiger partial charge in [0, 0.05) is 32.4 Å². The van der Waals surface area contributed by atoms with Crippen molar-refractivity contribution < 1.29 is 27.0 Å². The zero-order valence-corrected chi connectivity index (χ0v) is 16.2. The quantitative estimate of drug-likeness (QED) is 0.569. The summed E-state index contributed by atoms with van der Waals surface area (Å²) in [6.45, 7) is 1.17. The van der Waals surface area contributed by atoms with Crippen molar-refractivity contribution in [3.63, 3.8) is 0 Å². The first-order chi connectivity index (χ1) is 14.7. The molecule has 162 valence electrons. The van der Waals surface area contributed by atoms with Crippen LogP contribution in [0.25, 0.3) is 0 Å². The number of aromatic nitrogens is 3. The van der Waals surface area contributed by atoms with E-state index < -0.39 is 23.2 Å².